The maximum Gasteiger partial charge on any atom is 0.0998 e. The smallest absolute Gasteiger partial charge is 0.0998 e. The second-order valence-electron chi connectivity index (χ2n) is 4.80. The van der Waals surface area contributed by atoms with Gasteiger partial charge in [-0.05, 0) is 37.0 Å². The van der Waals surface area contributed by atoms with E-state index >= 15 is 0 Å². The number of benzene rings is 2. The van der Waals surface area contributed by atoms with E-state index < -0.39 is 0 Å². The van der Waals surface area contributed by atoms with Gasteiger partial charge in [0.2, 0.25) is 0 Å². The van der Waals surface area contributed by atoms with Crippen molar-refractivity contribution in [1.82, 2.24) is 0 Å². The second kappa shape index (κ2) is 7.81. The molecule has 2 aromatic rings. The lowest BCUT2D eigenvalue weighted by Gasteiger charge is -2.10. The third-order valence-corrected chi connectivity index (χ3v) is 4.08. The number of nitrogens with zero attached hydrogens (tertiary/aromatic N) is 1. The molecule has 20 heavy (non-hydrogen) atoms. The van der Waals surface area contributed by atoms with E-state index in [1.165, 1.54) is 25.0 Å². The molecule has 0 unspecified atom stereocenters. The molecule has 2 rings (SSSR count). The summed E-state index contributed by atoms with van der Waals surface area (Å²) in [6.45, 7) is 0.990. The number of thioether (sulfide) groups is 1. The van der Waals surface area contributed by atoms with E-state index in [0.29, 0.717) is 0 Å². The Hall–Kier alpha value is -1.66. The molecule has 104 valence electrons. The Balaban J connectivity index is 2.02. The summed E-state index contributed by atoms with van der Waals surface area (Å²) < 4.78 is 0. The highest BCUT2D eigenvalue weighted by atomic mass is 32.2. The van der Waals surface area contributed by atoms with Crippen LogP contribution in [0.3, 0.4) is 0 Å². The quantitative estimate of drug-likeness (QED) is 0.751. The van der Waals surface area contributed by atoms with E-state index in [4.69, 9.17) is 5.26 Å². The molecule has 0 heterocycles. The van der Waals surface area contributed by atoms with Gasteiger partial charge in [0.15, 0.2) is 0 Å². The van der Waals surface area contributed by atoms with Crippen LogP contribution in [-0.2, 0) is 0 Å². The van der Waals surface area contributed by atoms with Gasteiger partial charge in [0.25, 0.3) is 0 Å². The number of fused-ring (bicyclic) bond motifs is 1. The van der Waals surface area contributed by atoms with E-state index in [-0.39, 0.29) is 0 Å². The topological polar surface area (TPSA) is 35.8 Å². The Morgan fingerprint density at radius 1 is 1.05 bits per heavy atom. The molecule has 0 atom stereocenters. The zero-order valence-electron chi connectivity index (χ0n) is 11.9. The largest absolute Gasteiger partial charge is 0.385 e. The fourth-order valence-electron chi connectivity index (χ4n) is 2.32. The fourth-order valence-corrected chi connectivity index (χ4v) is 2.81. The lowest BCUT2D eigenvalue weighted by atomic mass is 10.0. The molecular weight excluding hydrogens is 264 g/mol. The number of hydrogen-bond donors (Lipinski definition) is 1. The number of nitrogens with one attached hydrogen (secondary N) is 1. The van der Waals surface area contributed by atoms with Gasteiger partial charge in [-0.2, -0.15) is 17.0 Å². The molecule has 0 aliphatic heterocycles. The minimum Gasteiger partial charge on any atom is -0.385 e. The summed E-state index contributed by atoms with van der Waals surface area (Å²) >= 11 is 1.91. The van der Waals surface area contributed by atoms with Crippen molar-refractivity contribution in [3.05, 3.63) is 42.0 Å². The number of anilines is 1. The summed E-state index contributed by atoms with van der Waals surface area (Å²) in [5.41, 5.74) is 1.87. The van der Waals surface area contributed by atoms with Gasteiger partial charge in [0.1, 0.15) is 0 Å². The van der Waals surface area contributed by atoms with Crippen LogP contribution in [0, 0.1) is 11.3 Å². The maximum atomic E-state index is 9.15. The fraction of sp³-hybridized carbons (Fsp3) is 0.353. The number of nitriles is 1. The van der Waals surface area contributed by atoms with Crippen molar-refractivity contribution in [2.24, 2.45) is 0 Å². The second-order valence-corrected chi connectivity index (χ2v) is 5.78. The summed E-state index contributed by atoms with van der Waals surface area (Å²) in [5.74, 6) is 1.25. The Labute approximate surface area is 125 Å². The average molecular weight is 284 g/mol. The van der Waals surface area contributed by atoms with Gasteiger partial charge in [-0.25, -0.2) is 0 Å². The summed E-state index contributed by atoms with van der Waals surface area (Å²) in [5, 5.41) is 14.8. The van der Waals surface area contributed by atoms with Crippen LogP contribution in [0.2, 0.25) is 0 Å². The van der Waals surface area contributed by atoms with Crippen LogP contribution in [0.25, 0.3) is 10.8 Å². The first-order chi connectivity index (χ1) is 9.86. The zero-order chi connectivity index (χ0) is 14.2. The highest BCUT2D eigenvalue weighted by Crippen LogP contribution is 2.26. The molecule has 2 nitrogen and oxygen atoms in total. The summed E-state index contributed by atoms with van der Waals surface area (Å²) in [7, 11) is 0. The standard InChI is InChI=1S/C17H20N2S/c1-20-12-6-2-5-11-19-17-10-9-14(13-18)15-7-3-4-8-16(15)17/h3-4,7-10,19H,2,5-6,11-12H2,1H3. The highest BCUT2D eigenvalue weighted by Gasteiger charge is 2.04. The molecule has 3 heteroatoms. The molecule has 0 aromatic heterocycles. The van der Waals surface area contributed by atoms with Gasteiger partial charge in [-0.1, -0.05) is 30.7 Å². The van der Waals surface area contributed by atoms with Crippen LogP contribution in [-0.4, -0.2) is 18.6 Å². The zero-order valence-corrected chi connectivity index (χ0v) is 12.7. The molecule has 1 N–H and O–H groups in total. The normalized spacial score (nSPS) is 10.4. The molecule has 0 amide bonds. The average Bonchev–Trinajstić information content (AvgIpc) is 2.50. The van der Waals surface area contributed by atoms with Crippen LogP contribution in [0.1, 0.15) is 24.8 Å². The number of rotatable bonds is 7. The van der Waals surface area contributed by atoms with E-state index in [9.17, 15) is 0 Å². The summed E-state index contributed by atoms with van der Waals surface area (Å²) in [6, 6.07) is 14.3. The molecule has 0 spiro atoms. The molecule has 2 aromatic carbocycles. The van der Waals surface area contributed by atoms with Crippen LogP contribution in [0.4, 0.5) is 5.69 Å². The lowest BCUT2D eigenvalue weighted by molar-refractivity contribution is 0.750. The van der Waals surface area contributed by atoms with Crippen LogP contribution in [0.5, 0.6) is 0 Å². The Morgan fingerprint density at radius 2 is 1.85 bits per heavy atom. The van der Waals surface area contributed by atoms with Gasteiger partial charge >= 0.3 is 0 Å². The van der Waals surface area contributed by atoms with Gasteiger partial charge in [-0.3, -0.25) is 0 Å². The Kier molecular flexibility index (Phi) is 5.76. The minimum absolute atomic E-state index is 0.742. The minimum atomic E-state index is 0.742. The van der Waals surface area contributed by atoms with E-state index in [0.717, 1.165) is 28.6 Å². The van der Waals surface area contributed by atoms with Gasteiger partial charge < -0.3 is 5.32 Å². The lowest BCUT2D eigenvalue weighted by Crippen LogP contribution is -2.02. The molecule has 0 radical (unpaired) electrons. The van der Waals surface area contributed by atoms with E-state index in [2.05, 4.69) is 23.7 Å². The number of hydrogen-bond acceptors (Lipinski definition) is 3. The molecule has 0 saturated heterocycles. The molecular formula is C17H20N2S. The van der Waals surface area contributed by atoms with Crippen molar-refractivity contribution < 1.29 is 0 Å². The van der Waals surface area contributed by atoms with Crippen molar-refractivity contribution >= 4 is 28.2 Å². The first-order valence-corrected chi connectivity index (χ1v) is 8.41. The summed E-state index contributed by atoms with van der Waals surface area (Å²) in [6.07, 6.45) is 5.90. The van der Waals surface area contributed by atoms with Gasteiger partial charge in [0.05, 0.1) is 11.6 Å². The Bertz CT molecular complexity index is 601. The first-order valence-electron chi connectivity index (χ1n) is 7.01. The molecule has 0 fully saturated rings. The maximum absolute atomic E-state index is 9.15. The van der Waals surface area contributed by atoms with Crippen molar-refractivity contribution in [1.29, 1.82) is 5.26 Å². The third-order valence-electron chi connectivity index (χ3n) is 3.39. The third kappa shape index (κ3) is 3.68. The summed E-state index contributed by atoms with van der Waals surface area (Å²) in [4.78, 5) is 0. The highest BCUT2D eigenvalue weighted by molar-refractivity contribution is 7.98. The van der Waals surface area contributed by atoms with Crippen molar-refractivity contribution in [2.75, 3.05) is 23.9 Å². The van der Waals surface area contributed by atoms with Crippen LogP contribution >= 0.6 is 11.8 Å². The van der Waals surface area contributed by atoms with Crippen molar-refractivity contribution in [3.63, 3.8) is 0 Å². The molecule has 0 bridgehead atoms. The first kappa shape index (κ1) is 14.7. The van der Waals surface area contributed by atoms with Gasteiger partial charge in [-0.15, -0.1) is 0 Å². The molecule has 0 aliphatic carbocycles. The van der Waals surface area contributed by atoms with Gasteiger partial charge in [0, 0.05) is 23.0 Å². The van der Waals surface area contributed by atoms with E-state index in [1.54, 1.807) is 0 Å². The number of unbranched alkanes of at least 4 members (excludes halogenated alkanes) is 2. The predicted molar refractivity (Wildman–Crippen MR) is 89.4 cm³/mol. The van der Waals surface area contributed by atoms with Crippen LogP contribution < -0.4 is 5.32 Å². The van der Waals surface area contributed by atoms with Crippen molar-refractivity contribution in [3.8, 4) is 6.07 Å². The molecule has 0 aliphatic rings. The molecule has 0 saturated carbocycles. The van der Waals surface area contributed by atoms with Crippen molar-refractivity contribution in [2.45, 2.75) is 19.3 Å². The van der Waals surface area contributed by atoms with Crippen LogP contribution in [0.15, 0.2) is 36.4 Å². The SMILES string of the molecule is CSCCCCCNc1ccc(C#N)c2ccccc12. The predicted octanol–water partition coefficient (Wildman–Crippen LogP) is 4.66. The van der Waals surface area contributed by atoms with E-state index in [1.807, 2.05) is 42.1 Å². The Morgan fingerprint density at radius 3 is 2.60 bits per heavy atom. The monoisotopic (exact) mass is 284 g/mol.